The normalized spacial score (nSPS) is 22.5. The molecule has 3 aromatic rings. The lowest BCUT2D eigenvalue weighted by Crippen LogP contribution is -2.59. The molecule has 4 rings (SSSR count). The van der Waals surface area contributed by atoms with Crippen LogP contribution in [0.2, 0.25) is 0 Å². The van der Waals surface area contributed by atoms with Crippen LogP contribution < -0.4 is 10.1 Å². The van der Waals surface area contributed by atoms with Gasteiger partial charge in [0.15, 0.2) is 6.10 Å². The van der Waals surface area contributed by atoms with Gasteiger partial charge in [0.1, 0.15) is 23.8 Å². The third-order valence-electron chi connectivity index (χ3n) is 6.79. The van der Waals surface area contributed by atoms with E-state index in [9.17, 15) is 18.0 Å². The Morgan fingerprint density at radius 3 is 2.26 bits per heavy atom. The van der Waals surface area contributed by atoms with Crippen molar-refractivity contribution in [3.8, 4) is 17.0 Å². The van der Waals surface area contributed by atoms with Gasteiger partial charge in [0.05, 0.1) is 18.0 Å². The largest absolute Gasteiger partial charge is 0.573 e. The number of aromatic nitrogens is 2. The van der Waals surface area contributed by atoms with Crippen LogP contribution in [0.3, 0.4) is 0 Å². The molecule has 1 aliphatic heterocycles. The Hall–Kier alpha value is -3.98. The van der Waals surface area contributed by atoms with Crippen molar-refractivity contribution in [2.75, 3.05) is 26.6 Å². The molecule has 0 radical (unpaired) electrons. The molecule has 0 unspecified atom stereocenters. The van der Waals surface area contributed by atoms with Crippen molar-refractivity contribution in [3.05, 3.63) is 65.7 Å². The van der Waals surface area contributed by atoms with E-state index in [0.717, 1.165) is 23.3 Å². The molecular weight excluding hydrogens is 573 g/mol. The predicted octanol–water partition coefficient (Wildman–Crippen LogP) is 4.86. The van der Waals surface area contributed by atoms with Gasteiger partial charge >= 0.3 is 6.36 Å². The summed E-state index contributed by atoms with van der Waals surface area (Å²) in [6, 6.07) is 13.7. The fourth-order valence-corrected chi connectivity index (χ4v) is 4.69. The number of ether oxygens (including phenoxy) is 5. The second-order valence-electron chi connectivity index (χ2n) is 9.53. The molecule has 0 spiro atoms. The molecule has 2 aromatic carbocycles. The monoisotopic (exact) mass is 606 g/mol. The lowest BCUT2D eigenvalue weighted by Gasteiger charge is -2.42. The van der Waals surface area contributed by atoms with Crippen molar-refractivity contribution in [3.63, 3.8) is 0 Å². The number of amides is 1. The maximum Gasteiger partial charge on any atom is 0.573 e. The fraction of sp³-hybridized carbons (Fsp3) is 0.414. The Labute approximate surface area is 246 Å². The van der Waals surface area contributed by atoms with E-state index in [0.29, 0.717) is 18.1 Å². The van der Waals surface area contributed by atoms with E-state index in [2.05, 4.69) is 20.3 Å². The first-order valence-electron chi connectivity index (χ1n) is 13.3. The fourth-order valence-electron chi connectivity index (χ4n) is 4.69. The number of carbonyl (C=O) groups excluding carboxylic acids is 1. The van der Waals surface area contributed by atoms with Crippen molar-refractivity contribution in [1.29, 1.82) is 0 Å². The number of nitrogens with one attached hydrogen (secondary N) is 1. The number of anilines is 1. The molecule has 0 bridgehead atoms. The Morgan fingerprint density at radius 1 is 1.02 bits per heavy atom. The van der Waals surface area contributed by atoms with Gasteiger partial charge < -0.3 is 33.8 Å². The first kappa shape index (κ1) is 31.9. The topological polar surface area (TPSA) is 115 Å². The number of aryl methyl sites for hydroxylation is 1. The summed E-state index contributed by atoms with van der Waals surface area (Å²) in [4.78, 5) is 18.3. The van der Waals surface area contributed by atoms with Crippen molar-refractivity contribution < 1.29 is 46.5 Å². The summed E-state index contributed by atoms with van der Waals surface area (Å²) < 4.78 is 65.2. The molecule has 1 aliphatic rings. The van der Waals surface area contributed by atoms with Crippen molar-refractivity contribution in [2.24, 2.45) is 5.16 Å². The van der Waals surface area contributed by atoms with E-state index in [1.165, 1.54) is 25.5 Å². The zero-order chi connectivity index (χ0) is 31.1. The highest BCUT2D eigenvalue weighted by atomic mass is 19.4. The maximum atomic E-state index is 12.7. The van der Waals surface area contributed by atoms with Crippen molar-refractivity contribution >= 4 is 17.9 Å². The van der Waals surface area contributed by atoms with Gasteiger partial charge in [-0.25, -0.2) is 4.68 Å². The quantitative estimate of drug-likeness (QED) is 0.243. The molecule has 1 fully saturated rings. The van der Waals surface area contributed by atoms with Crippen LogP contribution in [0.1, 0.15) is 29.8 Å². The van der Waals surface area contributed by atoms with E-state index >= 15 is 0 Å². The molecule has 11 nitrogen and oxygen atoms in total. The number of methoxy groups -OCH3 is 3. The molecule has 2 heterocycles. The van der Waals surface area contributed by atoms with Gasteiger partial charge in [0.2, 0.25) is 0 Å². The molecule has 5 atom stereocenters. The minimum atomic E-state index is -4.81. The van der Waals surface area contributed by atoms with Crippen LogP contribution in [0.4, 0.5) is 19.0 Å². The molecular formula is C29H33F3N4O7. The Morgan fingerprint density at radius 2 is 1.67 bits per heavy atom. The zero-order valence-corrected chi connectivity index (χ0v) is 24.2. The van der Waals surface area contributed by atoms with E-state index < -0.39 is 36.5 Å². The predicted molar refractivity (Wildman–Crippen MR) is 150 cm³/mol. The van der Waals surface area contributed by atoms with Gasteiger partial charge in [-0.05, 0) is 43.7 Å². The average Bonchev–Trinajstić information content (AvgIpc) is 3.39. The third kappa shape index (κ3) is 7.90. The van der Waals surface area contributed by atoms with Crippen LogP contribution in [0.15, 0.2) is 59.8 Å². The number of oxime groups is 1. The minimum absolute atomic E-state index is 0.159. The van der Waals surface area contributed by atoms with Gasteiger partial charge in [-0.2, -0.15) is 5.10 Å². The highest BCUT2D eigenvalue weighted by Crippen LogP contribution is 2.28. The van der Waals surface area contributed by atoms with Gasteiger partial charge in [-0.15, -0.1) is 13.2 Å². The van der Waals surface area contributed by atoms with Crippen LogP contribution >= 0.6 is 0 Å². The summed E-state index contributed by atoms with van der Waals surface area (Å²) in [5, 5.41) is 11.4. The van der Waals surface area contributed by atoms with Gasteiger partial charge in [-0.1, -0.05) is 29.4 Å². The molecule has 1 N–H and O–H groups in total. The summed E-state index contributed by atoms with van der Waals surface area (Å²) >= 11 is 0. The molecule has 0 aliphatic carbocycles. The maximum absolute atomic E-state index is 12.7. The smallest absolute Gasteiger partial charge is 0.406 e. The summed E-state index contributed by atoms with van der Waals surface area (Å²) in [6.45, 7) is 4.19. The Kier molecular flexibility index (Phi) is 10.4. The first-order chi connectivity index (χ1) is 20.6. The Bertz CT molecular complexity index is 1380. The van der Waals surface area contributed by atoms with Crippen molar-refractivity contribution in [2.45, 2.75) is 57.5 Å². The second-order valence-corrected chi connectivity index (χ2v) is 9.53. The summed E-state index contributed by atoms with van der Waals surface area (Å²) in [6.07, 6.45) is -5.68. The number of hydrogen-bond acceptors (Lipinski definition) is 9. The van der Waals surface area contributed by atoms with Crippen LogP contribution in [-0.4, -0.2) is 80.3 Å². The average molecular weight is 607 g/mol. The number of alkyl halides is 3. The zero-order valence-electron chi connectivity index (χ0n) is 24.2. The van der Waals surface area contributed by atoms with E-state index in [4.69, 9.17) is 23.8 Å². The number of benzene rings is 2. The summed E-state index contributed by atoms with van der Waals surface area (Å²) in [7, 11) is 4.69. The van der Waals surface area contributed by atoms with Gasteiger partial charge in [0, 0.05) is 45.1 Å². The lowest BCUT2D eigenvalue weighted by molar-refractivity contribution is -0.305. The molecule has 232 valence electrons. The first-order valence-corrected chi connectivity index (χ1v) is 13.3. The summed E-state index contributed by atoms with van der Waals surface area (Å²) in [5.41, 5.74) is 2.30. The number of nitrogens with zero attached hydrogens (tertiary/aromatic N) is 3. The van der Waals surface area contributed by atoms with Crippen molar-refractivity contribution in [1.82, 2.24) is 9.78 Å². The number of rotatable bonds is 11. The number of halogens is 3. The molecule has 1 aromatic heterocycles. The number of hydrogen-bond donors (Lipinski definition) is 1. The van der Waals surface area contributed by atoms with Crippen LogP contribution in [0, 0.1) is 0 Å². The van der Waals surface area contributed by atoms with Gasteiger partial charge in [0.25, 0.3) is 12.2 Å². The van der Waals surface area contributed by atoms with Crippen LogP contribution in [0.25, 0.3) is 11.3 Å². The standard InChI is InChI=1S/C29H33F3N4O7/c1-6-36-23(34-27(37)20-11-13-21(14-12-20)42-29(30,31)32)15-22(35-36)19-9-7-18(8-10-19)16-33-43-28-26(40-5)25(39-4)24(38-3)17(2)41-28/h7-17,24-26,28H,6H2,1-5H3,(H,34,37)/t17-,24-,25+,26+,28-/m0/s1. The minimum Gasteiger partial charge on any atom is -0.406 e. The van der Waals surface area contributed by atoms with Crippen LogP contribution in [-0.2, 0) is 30.3 Å². The summed E-state index contributed by atoms with van der Waals surface area (Å²) in [5.74, 6) is -0.495. The molecule has 1 amide bonds. The molecule has 43 heavy (non-hydrogen) atoms. The SMILES string of the molecule is CCn1nc(-c2ccc(C=NO[C@@H]3O[C@@H](C)[C@H](OC)[C@@H](OC)[C@H]3OC)cc2)cc1NC(=O)c1ccc(OC(F)(F)F)cc1. The van der Waals surface area contributed by atoms with E-state index in [1.54, 1.807) is 25.0 Å². The number of carbonyl (C=O) groups is 1. The third-order valence-corrected chi connectivity index (χ3v) is 6.79. The van der Waals surface area contributed by atoms with E-state index in [1.807, 2.05) is 38.1 Å². The van der Waals surface area contributed by atoms with E-state index in [-0.39, 0.29) is 17.8 Å². The van der Waals surface area contributed by atoms with Crippen LogP contribution in [0.5, 0.6) is 5.75 Å². The Balaban J connectivity index is 1.40. The highest BCUT2D eigenvalue weighted by molar-refractivity contribution is 6.04. The second kappa shape index (κ2) is 14.0. The lowest BCUT2D eigenvalue weighted by atomic mass is 9.99. The molecule has 14 heteroatoms. The highest BCUT2D eigenvalue weighted by Gasteiger charge is 2.47. The molecule has 0 saturated carbocycles. The van der Waals surface area contributed by atoms with Gasteiger partial charge in [-0.3, -0.25) is 4.79 Å². The molecule has 1 saturated heterocycles.